The molecule has 0 aliphatic carbocycles. The van der Waals surface area contributed by atoms with Gasteiger partial charge in [-0.3, -0.25) is 0 Å². The van der Waals surface area contributed by atoms with Crippen molar-refractivity contribution in [2.24, 2.45) is 5.92 Å². The molecule has 1 unspecified atom stereocenters. The van der Waals surface area contributed by atoms with Crippen molar-refractivity contribution in [3.8, 4) is 0 Å². The number of likely N-dealkylation sites (N-methyl/N-ethyl adjacent to an activating group) is 1. The Labute approximate surface area is 99.3 Å². The van der Waals surface area contributed by atoms with Crippen molar-refractivity contribution in [1.82, 2.24) is 4.90 Å². The number of hydrogen-bond acceptors (Lipinski definition) is 2. The van der Waals surface area contributed by atoms with Gasteiger partial charge < -0.3 is 9.64 Å². The van der Waals surface area contributed by atoms with Crippen LogP contribution in [0.3, 0.4) is 0 Å². The zero-order valence-corrected chi connectivity index (χ0v) is 11.0. The maximum atomic E-state index is 6.02. The maximum absolute atomic E-state index is 6.02. The van der Waals surface area contributed by atoms with E-state index in [0.717, 1.165) is 18.0 Å². The monoisotopic (exact) mass is 221 g/mol. The van der Waals surface area contributed by atoms with Gasteiger partial charge in [0.1, 0.15) is 11.9 Å². The highest BCUT2D eigenvalue weighted by atomic mass is 16.5. The highest BCUT2D eigenvalue weighted by molar-refractivity contribution is 5.29. The van der Waals surface area contributed by atoms with Crippen LogP contribution in [0.1, 0.15) is 27.7 Å². The molecule has 0 fully saturated rings. The minimum absolute atomic E-state index is 0.283. The average Bonchev–Trinajstić information content (AvgIpc) is 2.23. The molecule has 0 aromatic carbocycles. The van der Waals surface area contributed by atoms with Gasteiger partial charge in [0.2, 0.25) is 0 Å². The molecule has 90 valence electrons. The first kappa shape index (κ1) is 12.9. The predicted molar refractivity (Wildman–Crippen MR) is 69.0 cm³/mol. The largest absolute Gasteiger partial charge is 0.486 e. The maximum Gasteiger partial charge on any atom is 0.142 e. The van der Waals surface area contributed by atoms with Gasteiger partial charge in [0.25, 0.3) is 0 Å². The number of ether oxygens (including phenoxy) is 1. The number of nitrogens with zero attached hydrogens (tertiary/aromatic N) is 1. The van der Waals surface area contributed by atoms with Crippen molar-refractivity contribution in [3.63, 3.8) is 0 Å². The van der Waals surface area contributed by atoms with E-state index in [0.29, 0.717) is 5.92 Å². The fourth-order valence-corrected chi connectivity index (χ4v) is 1.81. The number of rotatable bonds is 3. The lowest BCUT2D eigenvalue weighted by atomic mass is 10.0. The Hall–Kier alpha value is -1.18. The van der Waals surface area contributed by atoms with Gasteiger partial charge in [-0.1, -0.05) is 26.0 Å². The summed E-state index contributed by atoms with van der Waals surface area (Å²) in [7, 11) is 2.12. The fourth-order valence-electron chi connectivity index (χ4n) is 1.81. The minimum atomic E-state index is 0.283. The third-order valence-electron chi connectivity index (χ3n) is 2.78. The molecule has 0 radical (unpaired) electrons. The lowest BCUT2D eigenvalue weighted by molar-refractivity contribution is 0.0367. The normalized spacial score (nSPS) is 22.6. The summed E-state index contributed by atoms with van der Waals surface area (Å²) in [4.78, 5) is 2.27. The van der Waals surface area contributed by atoms with E-state index in [1.165, 1.54) is 0 Å². The summed E-state index contributed by atoms with van der Waals surface area (Å²) in [6, 6.07) is 0. The second kappa shape index (κ2) is 5.78. The quantitative estimate of drug-likeness (QED) is 0.724. The second-order valence-electron chi connectivity index (χ2n) is 4.53. The first-order valence-electron chi connectivity index (χ1n) is 5.97. The second-order valence-corrected chi connectivity index (χ2v) is 4.53. The van der Waals surface area contributed by atoms with Crippen LogP contribution in [0.25, 0.3) is 0 Å². The van der Waals surface area contributed by atoms with Crippen LogP contribution < -0.4 is 0 Å². The third kappa shape index (κ3) is 2.91. The molecule has 0 saturated carbocycles. The molecule has 2 nitrogen and oxygen atoms in total. The average molecular weight is 221 g/mol. The van der Waals surface area contributed by atoms with E-state index in [-0.39, 0.29) is 6.10 Å². The molecular weight excluding hydrogens is 198 g/mol. The Bertz CT molecular complexity index is 313. The number of hydrogen-bond donors (Lipinski definition) is 0. The van der Waals surface area contributed by atoms with E-state index >= 15 is 0 Å². The van der Waals surface area contributed by atoms with Crippen molar-refractivity contribution >= 4 is 0 Å². The van der Waals surface area contributed by atoms with E-state index in [1.807, 2.05) is 32.1 Å². The molecular formula is C14H23NO. The Balaban J connectivity index is 3.01. The summed E-state index contributed by atoms with van der Waals surface area (Å²) < 4.78 is 6.02. The van der Waals surface area contributed by atoms with Crippen LogP contribution in [0.5, 0.6) is 0 Å². The van der Waals surface area contributed by atoms with Gasteiger partial charge >= 0.3 is 0 Å². The SMILES string of the molecule is C/C=C\C1=C(/C=C\C)N(C)CC(C(C)C)O1. The summed E-state index contributed by atoms with van der Waals surface area (Å²) in [5, 5.41) is 0. The molecule has 0 spiro atoms. The van der Waals surface area contributed by atoms with Gasteiger partial charge in [-0.2, -0.15) is 0 Å². The molecule has 1 atom stereocenters. The molecule has 0 amide bonds. The van der Waals surface area contributed by atoms with Crippen molar-refractivity contribution in [2.45, 2.75) is 33.8 Å². The van der Waals surface area contributed by atoms with Crippen LogP contribution >= 0.6 is 0 Å². The van der Waals surface area contributed by atoms with Gasteiger partial charge in [-0.15, -0.1) is 0 Å². The van der Waals surface area contributed by atoms with Crippen LogP contribution in [-0.2, 0) is 4.74 Å². The van der Waals surface area contributed by atoms with Crippen LogP contribution in [0.2, 0.25) is 0 Å². The Kier molecular flexibility index (Phi) is 4.66. The van der Waals surface area contributed by atoms with E-state index in [1.54, 1.807) is 0 Å². The molecule has 1 aliphatic rings. The topological polar surface area (TPSA) is 12.5 Å². The number of allylic oxidation sites excluding steroid dienone is 4. The Morgan fingerprint density at radius 3 is 2.38 bits per heavy atom. The van der Waals surface area contributed by atoms with Gasteiger partial charge in [-0.25, -0.2) is 0 Å². The highest BCUT2D eigenvalue weighted by Gasteiger charge is 2.25. The summed E-state index contributed by atoms with van der Waals surface area (Å²) in [6.45, 7) is 9.41. The van der Waals surface area contributed by atoms with Gasteiger partial charge in [0, 0.05) is 7.05 Å². The van der Waals surface area contributed by atoms with Crippen molar-refractivity contribution in [2.75, 3.05) is 13.6 Å². The summed E-state index contributed by atoms with van der Waals surface area (Å²) in [6.07, 6.45) is 8.50. The highest BCUT2D eigenvalue weighted by Crippen LogP contribution is 2.25. The lowest BCUT2D eigenvalue weighted by Gasteiger charge is -2.36. The Morgan fingerprint density at radius 1 is 1.25 bits per heavy atom. The predicted octanol–water partition coefficient (Wildman–Crippen LogP) is 3.34. The van der Waals surface area contributed by atoms with Crippen LogP contribution in [-0.4, -0.2) is 24.6 Å². The van der Waals surface area contributed by atoms with E-state index in [9.17, 15) is 0 Å². The standard InChI is InChI=1S/C14H23NO/c1-6-8-12-13(9-7-2)16-14(11(3)4)10-15(12)5/h6-9,11,14H,10H2,1-5H3/b8-6-,9-7-. The molecule has 0 N–H and O–H groups in total. The van der Waals surface area contributed by atoms with E-state index in [4.69, 9.17) is 4.74 Å². The molecule has 1 rings (SSSR count). The van der Waals surface area contributed by atoms with Crippen LogP contribution in [0, 0.1) is 5.92 Å². The molecule has 2 heteroatoms. The smallest absolute Gasteiger partial charge is 0.142 e. The van der Waals surface area contributed by atoms with Crippen LogP contribution in [0.4, 0.5) is 0 Å². The van der Waals surface area contributed by atoms with Gasteiger partial charge in [0.05, 0.1) is 12.2 Å². The first-order chi connectivity index (χ1) is 7.60. The first-order valence-corrected chi connectivity index (χ1v) is 5.97. The molecule has 0 saturated heterocycles. The zero-order valence-electron chi connectivity index (χ0n) is 11.0. The molecule has 0 aromatic heterocycles. The molecule has 0 aromatic rings. The van der Waals surface area contributed by atoms with Crippen molar-refractivity contribution < 1.29 is 4.74 Å². The van der Waals surface area contributed by atoms with Gasteiger partial charge in [-0.05, 0) is 31.9 Å². The van der Waals surface area contributed by atoms with E-state index < -0.39 is 0 Å². The molecule has 1 heterocycles. The zero-order chi connectivity index (χ0) is 12.1. The lowest BCUT2D eigenvalue weighted by Crippen LogP contribution is -2.38. The minimum Gasteiger partial charge on any atom is -0.486 e. The fraction of sp³-hybridized carbons (Fsp3) is 0.571. The Morgan fingerprint density at radius 2 is 1.88 bits per heavy atom. The summed E-state index contributed by atoms with van der Waals surface area (Å²) in [5.41, 5.74) is 1.16. The summed E-state index contributed by atoms with van der Waals surface area (Å²) >= 11 is 0. The molecule has 0 bridgehead atoms. The van der Waals surface area contributed by atoms with E-state index in [2.05, 4.69) is 31.9 Å². The van der Waals surface area contributed by atoms with Crippen molar-refractivity contribution in [1.29, 1.82) is 0 Å². The van der Waals surface area contributed by atoms with Crippen LogP contribution in [0.15, 0.2) is 35.8 Å². The van der Waals surface area contributed by atoms with Crippen molar-refractivity contribution in [3.05, 3.63) is 35.8 Å². The summed E-state index contributed by atoms with van der Waals surface area (Å²) in [5.74, 6) is 1.52. The third-order valence-corrected chi connectivity index (χ3v) is 2.78. The van der Waals surface area contributed by atoms with Gasteiger partial charge in [0.15, 0.2) is 0 Å². The molecule has 1 aliphatic heterocycles. The molecule has 16 heavy (non-hydrogen) atoms.